The van der Waals surface area contributed by atoms with Crippen LogP contribution in [0.3, 0.4) is 0 Å². The summed E-state index contributed by atoms with van der Waals surface area (Å²) in [6, 6.07) is 12.5. The number of carbonyl (C=O) groups excluding carboxylic acids is 3. The van der Waals surface area contributed by atoms with E-state index >= 15 is 0 Å². The van der Waals surface area contributed by atoms with E-state index in [4.69, 9.17) is 0 Å². The first-order valence-electron chi connectivity index (χ1n) is 9.64. The van der Waals surface area contributed by atoms with Crippen LogP contribution in [0.15, 0.2) is 48.5 Å². The molecule has 2 fully saturated rings. The molecule has 3 amide bonds. The summed E-state index contributed by atoms with van der Waals surface area (Å²) in [6.45, 7) is -0.460. The molecule has 30 heavy (non-hydrogen) atoms. The predicted molar refractivity (Wildman–Crippen MR) is 104 cm³/mol. The first-order chi connectivity index (χ1) is 14.2. The number of urea groups is 1. The lowest BCUT2D eigenvalue weighted by molar-refractivity contribution is -0.135. The molecule has 0 bridgehead atoms. The summed E-state index contributed by atoms with van der Waals surface area (Å²) >= 11 is 0. The molecule has 8 heteroatoms. The SMILES string of the molecule is O=C(CN1C(=O)NC2(CCC(F)(F)CC2)C1=O)c1ccc(-c2ccccc2O)cc1. The van der Waals surface area contributed by atoms with E-state index in [0.29, 0.717) is 16.7 Å². The number of nitrogens with one attached hydrogen (secondary N) is 1. The number of nitrogens with zero attached hydrogens (tertiary/aromatic N) is 1. The molecule has 1 aliphatic heterocycles. The second-order valence-corrected chi connectivity index (χ2v) is 7.78. The molecule has 1 heterocycles. The highest BCUT2D eigenvalue weighted by molar-refractivity contribution is 6.11. The molecule has 1 aliphatic carbocycles. The van der Waals surface area contributed by atoms with Gasteiger partial charge in [-0.25, -0.2) is 13.6 Å². The number of halogens is 2. The van der Waals surface area contributed by atoms with Crippen molar-refractivity contribution in [1.82, 2.24) is 10.2 Å². The molecule has 4 rings (SSSR count). The number of amides is 3. The Kier molecular flexibility index (Phi) is 4.80. The Balaban J connectivity index is 1.47. The number of carbonyl (C=O) groups is 3. The van der Waals surface area contributed by atoms with Crippen LogP contribution < -0.4 is 5.32 Å². The van der Waals surface area contributed by atoms with Crippen LogP contribution in [0, 0.1) is 0 Å². The van der Waals surface area contributed by atoms with E-state index < -0.39 is 48.6 Å². The lowest BCUT2D eigenvalue weighted by atomic mass is 9.80. The zero-order valence-corrected chi connectivity index (χ0v) is 16.0. The average Bonchev–Trinajstić information content (AvgIpc) is 2.95. The molecule has 2 aromatic rings. The lowest BCUT2D eigenvalue weighted by Crippen LogP contribution is -2.51. The molecule has 1 saturated heterocycles. The van der Waals surface area contributed by atoms with Gasteiger partial charge in [-0.3, -0.25) is 14.5 Å². The largest absolute Gasteiger partial charge is 0.507 e. The van der Waals surface area contributed by atoms with Crippen molar-refractivity contribution in [2.75, 3.05) is 6.54 Å². The van der Waals surface area contributed by atoms with Gasteiger partial charge < -0.3 is 10.4 Å². The van der Waals surface area contributed by atoms with E-state index in [-0.39, 0.29) is 18.6 Å². The second-order valence-electron chi connectivity index (χ2n) is 7.78. The van der Waals surface area contributed by atoms with Crippen LogP contribution in [0.4, 0.5) is 13.6 Å². The van der Waals surface area contributed by atoms with Crippen molar-refractivity contribution in [3.05, 3.63) is 54.1 Å². The van der Waals surface area contributed by atoms with Crippen LogP contribution in [0.1, 0.15) is 36.0 Å². The number of imide groups is 1. The number of aromatic hydroxyl groups is 1. The van der Waals surface area contributed by atoms with E-state index in [0.717, 1.165) is 4.90 Å². The Morgan fingerprint density at radius 3 is 2.27 bits per heavy atom. The van der Waals surface area contributed by atoms with Gasteiger partial charge in [-0.05, 0) is 24.5 Å². The Labute approximate surface area is 171 Å². The van der Waals surface area contributed by atoms with Gasteiger partial charge in [-0.15, -0.1) is 0 Å². The fourth-order valence-corrected chi connectivity index (χ4v) is 3.99. The predicted octanol–water partition coefficient (Wildman–Crippen LogP) is 3.74. The highest BCUT2D eigenvalue weighted by Crippen LogP contribution is 2.41. The minimum atomic E-state index is -2.84. The van der Waals surface area contributed by atoms with E-state index in [2.05, 4.69) is 5.32 Å². The highest BCUT2D eigenvalue weighted by atomic mass is 19.3. The van der Waals surface area contributed by atoms with E-state index in [1.54, 1.807) is 48.5 Å². The molecule has 2 aromatic carbocycles. The number of alkyl halides is 2. The Bertz CT molecular complexity index is 1010. The van der Waals surface area contributed by atoms with Gasteiger partial charge in [-0.2, -0.15) is 0 Å². The van der Waals surface area contributed by atoms with Crippen molar-refractivity contribution in [3.63, 3.8) is 0 Å². The van der Waals surface area contributed by atoms with Crippen LogP contribution in [-0.2, 0) is 4.79 Å². The molecule has 0 atom stereocenters. The molecular formula is C22H20F2N2O4. The van der Waals surface area contributed by atoms with Crippen molar-refractivity contribution in [3.8, 4) is 16.9 Å². The van der Waals surface area contributed by atoms with E-state index in [1.807, 2.05) is 0 Å². The monoisotopic (exact) mass is 414 g/mol. The number of rotatable bonds is 4. The van der Waals surface area contributed by atoms with Crippen molar-refractivity contribution in [2.45, 2.75) is 37.1 Å². The lowest BCUT2D eigenvalue weighted by Gasteiger charge is -2.34. The number of para-hydroxylation sites is 1. The Morgan fingerprint density at radius 1 is 1.00 bits per heavy atom. The van der Waals surface area contributed by atoms with Gasteiger partial charge in [0.05, 0.1) is 6.54 Å². The van der Waals surface area contributed by atoms with E-state index in [9.17, 15) is 28.3 Å². The summed E-state index contributed by atoms with van der Waals surface area (Å²) in [5.41, 5.74) is 0.280. The van der Waals surface area contributed by atoms with Gasteiger partial charge in [0, 0.05) is 24.0 Å². The summed E-state index contributed by atoms with van der Waals surface area (Å²) in [7, 11) is 0. The summed E-state index contributed by atoms with van der Waals surface area (Å²) < 4.78 is 26.9. The van der Waals surface area contributed by atoms with Gasteiger partial charge >= 0.3 is 6.03 Å². The number of ketones is 1. The number of phenolic OH excluding ortho intramolecular Hbond substituents is 1. The maximum Gasteiger partial charge on any atom is 0.325 e. The molecule has 0 unspecified atom stereocenters. The second kappa shape index (κ2) is 7.19. The summed E-state index contributed by atoms with van der Waals surface area (Å²) in [6.07, 6.45) is -1.25. The van der Waals surface area contributed by atoms with Crippen LogP contribution in [0.2, 0.25) is 0 Å². The quantitative estimate of drug-likeness (QED) is 0.590. The van der Waals surface area contributed by atoms with Crippen LogP contribution in [0.25, 0.3) is 11.1 Å². The van der Waals surface area contributed by atoms with Crippen molar-refractivity contribution in [1.29, 1.82) is 0 Å². The number of Topliss-reactive ketones (excluding diaryl/α,β-unsaturated/α-hetero) is 1. The summed E-state index contributed by atoms with van der Waals surface area (Å²) in [5.74, 6) is -3.80. The average molecular weight is 414 g/mol. The summed E-state index contributed by atoms with van der Waals surface area (Å²) in [5, 5.41) is 12.5. The van der Waals surface area contributed by atoms with Gasteiger partial charge in [0.1, 0.15) is 11.3 Å². The number of hydrogen-bond donors (Lipinski definition) is 2. The third-order valence-corrected chi connectivity index (χ3v) is 5.80. The maximum absolute atomic E-state index is 13.5. The summed E-state index contributed by atoms with van der Waals surface area (Å²) in [4.78, 5) is 38.5. The molecule has 1 spiro atoms. The van der Waals surface area contributed by atoms with Crippen molar-refractivity contribution < 1.29 is 28.3 Å². The molecule has 1 saturated carbocycles. The van der Waals surface area contributed by atoms with Crippen molar-refractivity contribution in [2.24, 2.45) is 0 Å². The first kappa shape index (κ1) is 20.0. The fraction of sp³-hybridized carbons (Fsp3) is 0.318. The topological polar surface area (TPSA) is 86.7 Å². The van der Waals surface area contributed by atoms with Crippen LogP contribution in [0.5, 0.6) is 5.75 Å². The maximum atomic E-state index is 13.5. The molecular weight excluding hydrogens is 394 g/mol. The van der Waals surface area contributed by atoms with Gasteiger partial charge in [0.15, 0.2) is 5.78 Å². The number of hydrogen-bond acceptors (Lipinski definition) is 4. The standard InChI is InChI=1S/C22H20F2N2O4/c23-22(24)11-9-21(10-12-22)19(29)26(20(30)25-21)13-18(28)15-7-5-14(6-8-15)16-3-1-2-4-17(16)27/h1-8,27H,9-13H2,(H,25,30). The molecule has 0 aromatic heterocycles. The molecule has 6 nitrogen and oxygen atoms in total. The third-order valence-electron chi connectivity index (χ3n) is 5.80. The zero-order valence-electron chi connectivity index (χ0n) is 16.0. The Morgan fingerprint density at radius 2 is 1.63 bits per heavy atom. The van der Waals surface area contributed by atoms with Gasteiger partial charge in [0.2, 0.25) is 5.92 Å². The fourth-order valence-electron chi connectivity index (χ4n) is 3.99. The molecule has 0 radical (unpaired) electrons. The number of phenols is 1. The highest BCUT2D eigenvalue weighted by Gasteiger charge is 2.55. The molecule has 156 valence electrons. The van der Waals surface area contributed by atoms with Crippen molar-refractivity contribution >= 4 is 17.7 Å². The smallest absolute Gasteiger partial charge is 0.325 e. The molecule has 2 aliphatic rings. The normalized spacial score (nSPS) is 19.7. The Hall–Kier alpha value is -3.29. The minimum absolute atomic E-state index is 0.110. The third kappa shape index (κ3) is 3.53. The molecule has 2 N–H and O–H groups in total. The van der Waals surface area contributed by atoms with Crippen LogP contribution >= 0.6 is 0 Å². The zero-order chi connectivity index (χ0) is 21.5. The number of benzene rings is 2. The first-order valence-corrected chi connectivity index (χ1v) is 9.64. The van der Waals surface area contributed by atoms with Crippen LogP contribution in [-0.4, -0.2) is 45.7 Å². The minimum Gasteiger partial charge on any atom is -0.507 e. The van der Waals surface area contributed by atoms with Gasteiger partial charge in [-0.1, -0.05) is 42.5 Å². The van der Waals surface area contributed by atoms with Gasteiger partial charge in [0.25, 0.3) is 5.91 Å². The van der Waals surface area contributed by atoms with E-state index in [1.165, 1.54) is 0 Å².